The fourth-order valence-electron chi connectivity index (χ4n) is 2.68. The number of hydrogen-bond acceptors (Lipinski definition) is 11. The van der Waals surface area contributed by atoms with Crippen LogP contribution < -0.4 is 5.32 Å². The van der Waals surface area contributed by atoms with Gasteiger partial charge in [0.05, 0.1) is 38.4 Å². The number of rotatable bonds is 11. The lowest BCUT2D eigenvalue weighted by molar-refractivity contribution is -0.239. The normalized spacial score (nSPS) is 32.8. The Labute approximate surface area is 150 Å². The predicted molar refractivity (Wildman–Crippen MR) is 86.1 cm³/mol. The molecule has 26 heavy (non-hydrogen) atoms. The average molecular weight is 383 g/mol. The summed E-state index contributed by atoms with van der Waals surface area (Å²) in [6.45, 7) is -2.03. The molecule has 0 aliphatic carbocycles. The van der Waals surface area contributed by atoms with Crippen molar-refractivity contribution in [3.8, 4) is 0 Å². The zero-order valence-corrected chi connectivity index (χ0v) is 14.5. The zero-order valence-electron chi connectivity index (χ0n) is 14.5. The topological polar surface area (TPSA) is 189 Å². The first-order valence-electron chi connectivity index (χ1n) is 8.32. The molecule has 0 aromatic heterocycles. The number of ether oxygens (including phenoxy) is 2. The van der Waals surface area contributed by atoms with Crippen LogP contribution in [-0.4, -0.2) is 124 Å². The van der Waals surface area contributed by atoms with Crippen LogP contribution in [0.15, 0.2) is 0 Å². The highest BCUT2D eigenvalue weighted by Crippen LogP contribution is 2.21. The summed E-state index contributed by atoms with van der Waals surface area (Å²) in [6.07, 6.45) is -9.55. The Balaban J connectivity index is 2.64. The first-order valence-corrected chi connectivity index (χ1v) is 8.32. The Morgan fingerprint density at radius 1 is 1.12 bits per heavy atom. The minimum atomic E-state index is -1.55. The molecule has 8 N–H and O–H groups in total. The van der Waals surface area contributed by atoms with Gasteiger partial charge in [-0.1, -0.05) is 0 Å². The van der Waals surface area contributed by atoms with Crippen LogP contribution >= 0.6 is 0 Å². The summed E-state index contributed by atoms with van der Waals surface area (Å²) < 4.78 is 10.5. The van der Waals surface area contributed by atoms with Gasteiger partial charge in [0, 0.05) is 6.54 Å². The van der Waals surface area contributed by atoms with Crippen LogP contribution in [0.4, 0.5) is 0 Å². The van der Waals surface area contributed by atoms with Crippen molar-refractivity contribution in [1.82, 2.24) is 5.32 Å². The van der Waals surface area contributed by atoms with Crippen LogP contribution in [0.2, 0.25) is 0 Å². The highest BCUT2D eigenvalue weighted by molar-refractivity contribution is 5.86. The fourth-order valence-corrected chi connectivity index (χ4v) is 2.68. The van der Waals surface area contributed by atoms with Gasteiger partial charge in [0.1, 0.15) is 36.6 Å². The molecule has 0 aromatic carbocycles. The second-order valence-corrected chi connectivity index (χ2v) is 6.24. The Morgan fingerprint density at radius 3 is 2.27 bits per heavy atom. The van der Waals surface area contributed by atoms with E-state index < -0.39 is 67.6 Å². The Kier molecular flexibility index (Phi) is 10.0. The summed E-state index contributed by atoms with van der Waals surface area (Å²) >= 11 is 0. The van der Waals surface area contributed by atoms with Crippen LogP contribution in [0, 0.1) is 5.92 Å². The summed E-state index contributed by atoms with van der Waals surface area (Å²) in [7, 11) is 1.53. The molecule has 1 rings (SSSR count). The quantitative estimate of drug-likeness (QED) is 0.170. The molecule has 1 saturated heterocycles. The standard InChI is InChI=1S/C15H29NO10/c1-16-2-8(19)12(21)7(9(20)3-17)5-25-6-11-14(23)15(24)13(22)10(4-18)26-11/h7-11,13-20,22-24H,2-6H2,1H3. The molecule has 1 aliphatic heterocycles. The highest BCUT2D eigenvalue weighted by Gasteiger charge is 2.43. The van der Waals surface area contributed by atoms with Crippen molar-refractivity contribution in [3.05, 3.63) is 0 Å². The third kappa shape index (κ3) is 5.89. The summed E-state index contributed by atoms with van der Waals surface area (Å²) in [5.41, 5.74) is 0. The minimum Gasteiger partial charge on any atom is -0.394 e. The van der Waals surface area contributed by atoms with E-state index in [4.69, 9.17) is 19.7 Å². The number of aliphatic hydroxyl groups is 7. The first kappa shape index (κ1) is 23.3. The van der Waals surface area contributed by atoms with E-state index in [1.165, 1.54) is 7.05 Å². The number of aliphatic hydroxyl groups excluding tert-OH is 7. The lowest BCUT2D eigenvalue weighted by atomic mass is 9.94. The van der Waals surface area contributed by atoms with Crippen LogP contribution in [-0.2, 0) is 14.3 Å². The largest absolute Gasteiger partial charge is 0.394 e. The number of carbonyl (C=O) groups excluding carboxylic acids is 1. The molecule has 0 saturated carbocycles. The molecule has 0 radical (unpaired) electrons. The van der Waals surface area contributed by atoms with E-state index in [0.717, 1.165) is 0 Å². The summed E-state index contributed by atoms with van der Waals surface area (Å²) in [4.78, 5) is 12.1. The number of hydrogen-bond donors (Lipinski definition) is 8. The van der Waals surface area contributed by atoms with Crippen molar-refractivity contribution in [3.63, 3.8) is 0 Å². The highest BCUT2D eigenvalue weighted by atomic mass is 16.6. The van der Waals surface area contributed by atoms with Crippen molar-refractivity contribution in [2.45, 2.75) is 42.7 Å². The van der Waals surface area contributed by atoms with Gasteiger partial charge in [-0.2, -0.15) is 0 Å². The summed E-state index contributed by atoms with van der Waals surface area (Å²) in [6, 6.07) is 0. The SMILES string of the molecule is CNCC(O)C(=O)C(COCC1OC(CO)C(O)C(O)C1O)C(O)CO. The molecule has 1 fully saturated rings. The second kappa shape index (κ2) is 11.2. The molecule has 0 aromatic rings. The van der Waals surface area contributed by atoms with E-state index in [0.29, 0.717) is 0 Å². The molecule has 8 unspecified atom stereocenters. The van der Waals surface area contributed by atoms with E-state index in [2.05, 4.69) is 5.32 Å². The molecule has 11 nitrogen and oxygen atoms in total. The van der Waals surface area contributed by atoms with Gasteiger partial charge in [0.2, 0.25) is 0 Å². The van der Waals surface area contributed by atoms with E-state index in [1.54, 1.807) is 0 Å². The maximum Gasteiger partial charge on any atom is 0.170 e. The van der Waals surface area contributed by atoms with Gasteiger partial charge in [-0.05, 0) is 7.05 Å². The molecule has 1 aliphatic rings. The predicted octanol–water partition coefficient (Wildman–Crippen LogP) is -5.04. The van der Waals surface area contributed by atoms with E-state index >= 15 is 0 Å². The summed E-state index contributed by atoms with van der Waals surface area (Å²) in [5, 5.41) is 69.7. The van der Waals surface area contributed by atoms with Gasteiger partial charge in [0.15, 0.2) is 5.78 Å². The number of ketones is 1. The smallest absolute Gasteiger partial charge is 0.170 e. The molecule has 0 spiro atoms. The van der Waals surface area contributed by atoms with Gasteiger partial charge in [-0.3, -0.25) is 4.79 Å². The molecule has 8 atom stereocenters. The van der Waals surface area contributed by atoms with Crippen molar-refractivity contribution in [2.75, 3.05) is 40.0 Å². The molecule has 1 heterocycles. The van der Waals surface area contributed by atoms with Crippen LogP contribution in [0.5, 0.6) is 0 Å². The monoisotopic (exact) mass is 383 g/mol. The van der Waals surface area contributed by atoms with Crippen molar-refractivity contribution in [1.29, 1.82) is 0 Å². The van der Waals surface area contributed by atoms with Gasteiger partial charge < -0.3 is 50.5 Å². The third-order valence-corrected chi connectivity index (χ3v) is 4.31. The number of nitrogens with one attached hydrogen (secondary N) is 1. The first-order chi connectivity index (χ1) is 12.3. The lowest BCUT2D eigenvalue weighted by Gasteiger charge is -2.40. The summed E-state index contributed by atoms with van der Waals surface area (Å²) in [5.74, 6) is -1.94. The van der Waals surface area contributed by atoms with Gasteiger partial charge in [-0.25, -0.2) is 0 Å². The fraction of sp³-hybridized carbons (Fsp3) is 0.933. The average Bonchev–Trinajstić information content (AvgIpc) is 2.64. The molecular weight excluding hydrogens is 354 g/mol. The van der Waals surface area contributed by atoms with Crippen LogP contribution in [0.1, 0.15) is 0 Å². The van der Waals surface area contributed by atoms with Gasteiger partial charge >= 0.3 is 0 Å². The van der Waals surface area contributed by atoms with Crippen molar-refractivity contribution < 1.29 is 50.0 Å². The van der Waals surface area contributed by atoms with Crippen LogP contribution in [0.25, 0.3) is 0 Å². The van der Waals surface area contributed by atoms with Crippen molar-refractivity contribution >= 4 is 5.78 Å². The van der Waals surface area contributed by atoms with E-state index in [-0.39, 0.29) is 19.8 Å². The third-order valence-electron chi connectivity index (χ3n) is 4.31. The van der Waals surface area contributed by atoms with Crippen LogP contribution in [0.3, 0.4) is 0 Å². The maximum atomic E-state index is 12.1. The van der Waals surface area contributed by atoms with Crippen molar-refractivity contribution in [2.24, 2.45) is 5.92 Å². The van der Waals surface area contributed by atoms with E-state index in [9.17, 15) is 30.3 Å². The molecular formula is C15H29NO10. The second-order valence-electron chi connectivity index (χ2n) is 6.24. The van der Waals surface area contributed by atoms with Gasteiger partial charge in [0.25, 0.3) is 0 Å². The molecule has 0 amide bonds. The lowest BCUT2D eigenvalue weighted by Crippen LogP contribution is -2.59. The molecule has 0 bridgehead atoms. The zero-order chi connectivity index (χ0) is 19.9. The Bertz CT molecular complexity index is 423. The number of likely N-dealkylation sites (N-methyl/N-ethyl adjacent to an activating group) is 1. The maximum absolute atomic E-state index is 12.1. The molecule has 154 valence electrons. The minimum absolute atomic E-state index is 0.0415. The Morgan fingerprint density at radius 2 is 1.73 bits per heavy atom. The van der Waals surface area contributed by atoms with Gasteiger partial charge in [-0.15, -0.1) is 0 Å². The van der Waals surface area contributed by atoms with E-state index in [1.807, 2.05) is 0 Å². The number of Topliss-reactive ketones (excluding diaryl/α,β-unsaturated/α-hetero) is 1. The number of carbonyl (C=O) groups is 1. The Hall–Kier alpha value is -0.730. The molecule has 11 heteroatoms.